The van der Waals surface area contributed by atoms with Crippen molar-refractivity contribution in [2.24, 2.45) is 0 Å². The zero-order valence-electron chi connectivity index (χ0n) is 66.2. The zero-order valence-corrected chi connectivity index (χ0v) is 67.7. The van der Waals surface area contributed by atoms with Gasteiger partial charge in [0.05, 0.1) is 59.1 Å². The number of carboxylic acid groups (broad SMARTS) is 1. The van der Waals surface area contributed by atoms with E-state index in [9.17, 15) is 34.8 Å². The third-order valence-corrected chi connectivity index (χ3v) is 20.1. The fourth-order valence-electron chi connectivity index (χ4n) is 13.0. The maximum absolute atomic E-state index is 12.7. The molecule has 11 rings (SSSR count). The average molecular weight is 1570 g/mol. The Labute approximate surface area is 662 Å². The number of carbonyl (C=O) groups is 3. The standard InChI is InChI=1S/C33H48N4O3.C24H34N2O6.C14H22N2O3.C8H11N.C3H5ClO.C2H3ClO2/c1-25-7-5-8-26(2)32(25)19-29(38)21-34-11-15-36(16-12-34)23-31(40)24-37-17-13-35(14-18-37)22-30(39)20-33-27(3)9-6-10-28(33)4;1-29-21-7-3-5-9-23(21)31-17-19(27)15-25-11-13-26(14-12-25)16-20(28)18-32-24-10-6-4-8-22(24)30-2;1-18-13-4-2-3-5-14(13)19-11-12(17)10-16-8-6-15-7-9-16;1-6-4-3-5-7(2)8(6)9;4-1-3-2-5-3;3-1-2(4)5/h5-10,31,40H,11-24H2,1-4H3;3-10,19-20,27-28H,11-18H2,1-2H3;2-5,12,15,17H,6-11H2,1H3;3-5H,9H2,1-2H3;3H,1-2H2;1H2,(H,4,5). The quantitative estimate of drug-likeness (QED) is 0.0126. The summed E-state index contributed by atoms with van der Waals surface area (Å²) < 4.78 is 37.5. The number of nitrogen functional groups attached to an aromatic ring is 1. The Morgan fingerprint density at radius 3 is 0.945 bits per heavy atom. The van der Waals surface area contributed by atoms with Crippen molar-refractivity contribution in [1.82, 2.24) is 39.6 Å². The molecule has 0 amide bonds. The highest BCUT2D eigenvalue weighted by Gasteiger charge is 2.27. The van der Waals surface area contributed by atoms with Crippen molar-refractivity contribution in [3.63, 3.8) is 0 Å². The van der Waals surface area contributed by atoms with Gasteiger partial charge >= 0.3 is 5.97 Å². The normalized spacial score (nSPS) is 17.2. The molecule has 24 nitrogen and oxygen atoms in total. The van der Waals surface area contributed by atoms with Crippen LogP contribution in [0, 0.1) is 41.5 Å². The summed E-state index contributed by atoms with van der Waals surface area (Å²) in [6.07, 6.45) is -0.650. The van der Waals surface area contributed by atoms with Crippen LogP contribution in [0.15, 0.2) is 127 Å². The molecule has 5 heterocycles. The second-order valence-corrected chi connectivity index (χ2v) is 29.0. The van der Waals surface area contributed by atoms with Crippen LogP contribution >= 0.6 is 23.2 Å². The van der Waals surface area contributed by atoms with E-state index in [2.05, 4.69) is 91.6 Å². The van der Waals surface area contributed by atoms with E-state index in [1.807, 2.05) is 117 Å². The molecule has 4 atom stereocenters. The van der Waals surface area contributed by atoms with Gasteiger partial charge in [0, 0.05) is 156 Å². The van der Waals surface area contributed by atoms with Gasteiger partial charge in [0.25, 0.3) is 0 Å². The number of ketones is 2. The van der Waals surface area contributed by atoms with E-state index in [1.54, 1.807) is 21.3 Å². The number of piperazine rings is 4. The molecule has 0 saturated carbocycles. The van der Waals surface area contributed by atoms with Gasteiger partial charge in [-0.1, -0.05) is 91.0 Å². The van der Waals surface area contributed by atoms with Crippen molar-refractivity contribution in [2.75, 3.05) is 216 Å². The first-order valence-electron chi connectivity index (χ1n) is 38.2. The summed E-state index contributed by atoms with van der Waals surface area (Å²) in [5, 5.41) is 52.4. The number of para-hydroxylation sites is 7. The number of nitrogens with one attached hydrogen (secondary N) is 1. The number of methoxy groups -OCH3 is 3. The van der Waals surface area contributed by atoms with Gasteiger partial charge in [0.2, 0.25) is 0 Å². The van der Waals surface area contributed by atoms with Crippen LogP contribution in [0.5, 0.6) is 34.5 Å². The van der Waals surface area contributed by atoms with E-state index < -0.39 is 30.4 Å². The maximum Gasteiger partial charge on any atom is 0.318 e. The van der Waals surface area contributed by atoms with Crippen LogP contribution in [0.25, 0.3) is 0 Å². The van der Waals surface area contributed by atoms with Crippen molar-refractivity contribution in [3.05, 3.63) is 172 Å². The second kappa shape index (κ2) is 50.7. The fraction of sp³-hybridized carbons (Fsp3) is 0.536. The Hall–Kier alpha value is -7.21. The molecule has 608 valence electrons. The van der Waals surface area contributed by atoms with Crippen LogP contribution in [-0.4, -0.2) is 318 Å². The van der Waals surface area contributed by atoms with Crippen molar-refractivity contribution in [3.8, 4) is 34.5 Å². The highest BCUT2D eigenvalue weighted by atomic mass is 35.5. The number of aliphatic hydroxyl groups is 4. The number of carbonyl (C=O) groups excluding carboxylic acids is 2. The highest BCUT2D eigenvalue weighted by Crippen LogP contribution is 2.29. The van der Waals surface area contributed by atoms with Crippen LogP contribution in [0.2, 0.25) is 0 Å². The molecular formula is C84H123Cl2N9O15. The number of aliphatic carboxylic acids is 1. The third-order valence-electron chi connectivity index (χ3n) is 19.5. The minimum Gasteiger partial charge on any atom is -0.493 e. The number of alkyl halides is 2. The van der Waals surface area contributed by atoms with E-state index in [1.165, 1.54) is 33.4 Å². The van der Waals surface area contributed by atoms with E-state index in [-0.39, 0.29) is 37.3 Å². The van der Waals surface area contributed by atoms with Gasteiger partial charge in [-0.3, -0.25) is 48.7 Å². The SMILES string of the molecule is COc1ccccc1OCC(O)CN1CCN(CC(O)COc2ccccc2OC)CC1.COc1ccccc1OCC(O)CN1CCNCC1.Cc1cccc(C)c1CC(=O)CN1CCN(CC(O)CN2CCN(CC(=O)Cc3c(C)cccc3C)CC2)CC1.Cc1cccc(C)c1N.ClCC1CO1.O=C(O)CCl. The summed E-state index contributed by atoms with van der Waals surface area (Å²) in [6, 6.07) is 40.7. The topological polar surface area (TPSA) is 281 Å². The molecule has 0 aromatic heterocycles. The fourth-order valence-corrected chi connectivity index (χ4v) is 13.2. The number of epoxide rings is 1. The number of ether oxygens (including phenoxy) is 7. The number of nitrogens with two attached hydrogens (primary N) is 1. The van der Waals surface area contributed by atoms with Crippen LogP contribution in [-0.2, 0) is 32.0 Å². The molecule has 110 heavy (non-hydrogen) atoms. The summed E-state index contributed by atoms with van der Waals surface area (Å²) in [5.74, 6) is 3.86. The van der Waals surface area contributed by atoms with Gasteiger partial charge in [-0.25, -0.2) is 0 Å². The summed E-state index contributed by atoms with van der Waals surface area (Å²) in [5.41, 5.74) is 16.0. The molecule has 5 saturated heterocycles. The number of aliphatic hydroxyl groups excluding tert-OH is 4. The molecule has 0 bridgehead atoms. The number of hydrogen-bond donors (Lipinski definition) is 7. The predicted octanol–water partition coefficient (Wildman–Crippen LogP) is 7.10. The van der Waals surface area contributed by atoms with Gasteiger partial charge < -0.3 is 69.7 Å². The molecule has 26 heteroatoms. The third kappa shape index (κ3) is 34.8. The Morgan fingerprint density at radius 2 is 0.691 bits per heavy atom. The van der Waals surface area contributed by atoms with Crippen molar-refractivity contribution in [1.29, 1.82) is 0 Å². The maximum atomic E-state index is 12.7. The number of anilines is 1. The molecule has 0 spiro atoms. The monoisotopic (exact) mass is 1570 g/mol. The minimum absolute atomic E-state index is 0.208. The second-order valence-electron chi connectivity index (χ2n) is 28.4. The van der Waals surface area contributed by atoms with Gasteiger partial charge in [-0.05, 0) is 122 Å². The number of aryl methyl sites for hydroxylation is 6. The first-order valence-corrected chi connectivity index (χ1v) is 39.2. The zero-order chi connectivity index (χ0) is 79.7. The molecule has 6 aromatic rings. The van der Waals surface area contributed by atoms with E-state index in [0.717, 1.165) is 128 Å². The highest BCUT2D eigenvalue weighted by molar-refractivity contribution is 6.26. The number of benzene rings is 6. The molecule has 0 radical (unpaired) electrons. The Bertz CT molecular complexity index is 3410. The molecule has 0 aliphatic carbocycles. The van der Waals surface area contributed by atoms with E-state index in [4.69, 9.17) is 67.2 Å². The first-order chi connectivity index (χ1) is 53.0. The number of β-amino-alcohol motifs (C(OH)–C–C–N with tert-alkyl or cyclic N) is 4. The lowest BCUT2D eigenvalue weighted by Crippen LogP contribution is -2.53. The number of nitrogens with zero attached hydrogens (tertiary/aromatic N) is 7. The molecule has 5 fully saturated rings. The van der Waals surface area contributed by atoms with Crippen molar-refractivity contribution in [2.45, 2.75) is 84.9 Å². The van der Waals surface area contributed by atoms with Crippen LogP contribution in [0.1, 0.15) is 44.5 Å². The number of halogens is 2. The molecule has 5 aliphatic rings. The molecule has 5 aliphatic heterocycles. The lowest BCUT2D eigenvalue weighted by atomic mass is 9.98. The lowest BCUT2D eigenvalue weighted by Gasteiger charge is -2.38. The Kier molecular flexibility index (Phi) is 42.3. The minimum atomic E-state index is -0.980. The largest absolute Gasteiger partial charge is 0.493 e. The number of carboxylic acids is 1. The van der Waals surface area contributed by atoms with Crippen molar-refractivity contribution < 1.29 is 73.1 Å². The van der Waals surface area contributed by atoms with Crippen LogP contribution in [0.4, 0.5) is 5.69 Å². The van der Waals surface area contributed by atoms with Crippen LogP contribution in [0.3, 0.4) is 0 Å². The summed E-state index contributed by atoms with van der Waals surface area (Å²) in [7, 11) is 4.80. The summed E-state index contributed by atoms with van der Waals surface area (Å²) in [6.45, 7) is 32.2. The lowest BCUT2D eigenvalue weighted by molar-refractivity contribution is -0.134. The van der Waals surface area contributed by atoms with E-state index >= 15 is 0 Å². The summed E-state index contributed by atoms with van der Waals surface area (Å²) >= 11 is 10.0. The van der Waals surface area contributed by atoms with Gasteiger partial charge in [0.15, 0.2) is 46.1 Å². The Morgan fingerprint density at radius 1 is 0.427 bits per heavy atom. The number of rotatable bonds is 32. The number of Topliss-reactive ketones (excluding diaryl/α,β-unsaturated/α-hetero) is 2. The molecule has 6 aromatic carbocycles. The van der Waals surface area contributed by atoms with Gasteiger partial charge in [-0.15, -0.1) is 23.2 Å². The summed E-state index contributed by atoms with van der Waals surface area (Å²) in [4.78, 5) is 50.5. The van der Waals surface area contributed by atoms with E-state index in [0.29, 0.717) is 105 Å². The van der Waals surface area contributed by atoms with Crippen molar-refractivity contribution >= 4 is 46.4 Å². The smallest absolute Gasteiger partial charge is 0.318 e. The first kappa shape index (κ1) is 91.7. The van der Waals surface area contributed by atoms with Crippen LogP contribution < -0.4 is 39.5 Å². The Balaban J connectivity index is 0.000000237. The molecule has 4 unspecified atom stereocenters. The van der Waals surface area contributed by atoms with Gasteiger partial charge in [-0.2, -0.15) is 0 Å². The molecule has 8 N–H and O–H groups in total. The predicted molar refractivity (Wildman–Crippen MR) is 436 cm³/mol. The number of hydrogen-bond acceptors (Lipinski definition) is 23. The average Bonchev–Trinajstić information content (AvgIpc) is 1.27. The van der Waals surface area contributed by atoms with Gasteiger partial charge in [0.1, 0.15) is 44.0 Å². The molecular weight excluding hydrogens is 1450 g/mol.